The van der Waals surface area contributed by atoms with E-state index >= 15 is 0 Å². The molecule has 0 bridgehead atoms. The third kappa shape index (κ3) is 4.01. The van der Waals surface area contributed by atoms with Crippen LogP contribution in [0.15, 0.2) is 30.3 Å². The summed E-state index contributed by atoms with van der Waals surface area (Å²) in [7, 11) is 0. The van der Waals surface area contributed by atoms with E-state index in [0.717, 1.165) is 12.0 Å². The third-order valence-electron chi connectivity index (χ3n) is 6.23. The first-order valence-corrected chi connectivity index (χ1v) is 10.0. The molecular formula is C21H28N2O4. The number of hydrogen-bond donors (Lipinski definition) is 2. The van der Waals surface area contributed by atoms with Gasteiger partial charge >= 0.3 is 0 Å². The standard InChI is InChI=1S/C21H28N2O4/c24-17-10-15(11-17)21(26)23-8-6-18(20(25)22-16-7-9-27-13-16)19(12-23)14-4-2-1-3-5-14/h1-5,15-19,24H,6-13H2,(H,22,25)/t15?,16-,17?,18+,19-/m1/s1. The number of carbonyl (C=O) groups excluding carboxylic acids is 2. The van der Waals surface area contributed by atoms with Gasteiger partial charge in [0.1, 0.15) is 0 Å². The molecule has 2 heterocycles. The topological polar surface area (TPSA) is 78.9 Å². The minimum atomic E-state index is -0.333. The maximum absolute atomic E-state index is 13.0. The van der Waals surface area contributed by atoms with Crippen LogP contribution in [0.4, 0.5) is 0 Å². The molecule has 0 spiro atoms. The molecule has 2 aliphatic heterocycles. The predicted molar refractivity (Wildman–Crippen MR) is 100.0 cm³/mol. The number of amides is 2. The van der Waals surface area contributed by atoms with Crippen LogP contribution in [0.2, 0.25) is 0 Å². The van der Waals surface area contributed by atoms with Gasteiger partial charge in [-0.05, 0) is 31.2 Å². The van der Waals surface area contributed by atoms with Gasteiger partial charge in [-0.1, -0.05) is 30.3 Å². The summed E-state index contributed by atoms with van der Waals surface area (Å²) in [6, 6.07) is 10.1. The van der Waals surface area contributed by atoms with Crippen molar-refractivity contribution in [2.75, 3.05) is 26.3 Å². The molecule has 6 nitrogen and oxygen atoms in total. The zero-order valence-corrected chi connectivity index (χ0v) is 15.5. The number of carbonyl (C=O) groups is 2. The van der Waals surface area contributed by atoms with Crippen molar-refractivity contribution in [2.45, 2.75) is 43.7 Å². The molecule has 1 aromatic rings. The van der Waals surface area contributed by atoms with Gasteiger partial charge in [0.2, 0.25) is 11.8 Å². The smallest absolute Gasteiger partial charge is 0.225 e. The molecule has 146 valence electrons. The summed E-state index contributed by atoms with van der Waals surface area (Å²) < 4.78 is 5.37. The average molecular weight is 372 g/mol. The highest BCUT2D eigenvalue weighted by Gasteiger charge is 2.41. The van der Waals surface area contributed by atoms with E-state index in [-0.39, 0.29) is 41.7 Å². The van der Waals surface area contributed by atoms with Crippen LogP contribution in [0.3, 0.4) is 0 Å². The third-order valence-corrected chi connectivity index (χ3v) is 6.23. The summed E-state index contributed by atoms with van der Waals surface area (Å²) in [5.41, 5.74) is 1.10. The Balaban J connectivity index is 1.47. The Morgan fingerprint density at radius 3 is 2.59 bits per heavy atom. The molecule has 0 radical (unpaired) electrons. The molecule has 0 unspecified atom stereocenters. The van der Waals surface area contributed by atoms with E-state index in [4.69, 9.17) is 4.74 Å². The highest BCUT2D eigenvalue weighted by molar-refractivity contribution is 5.82. The SMILES string of the molecule is O=C(N[C@@H]1CCOC1)[C@H]1CCN(C(=O)C2CC(O)C2)C[C@@H]1c1ccccc1. The average Bonchev–Trinajstić information content (AvgIpc) is 3.18. The second-order valence-corrected chi connectivity index (χ2v) is 8.09. The first-order valence-electron chi connectivity index (χ1n) is 10.0. The number of likely N-dealkylation sites (tertiary alicyclic amines) is 1. The number of rotatable bonds is 4. The first kappa shape index (κ1) is 18.4. The molecular weight excluding hydrogens is 344 g/mol. The van der Waals surface area contributed by atoms with Crippen LogP contribution in [0, 0.1) is 11.8 Å². The lowest BCUT2D eigenvalue weighted by Crippen LogP contribution is -2.52. The van der Waals surface area contributed by atoms with E-state index < -0.39 is 0 Å². The molecule has 1 aliphatic carbocycles. The van der Waals surface area contributed by atoms with Gasteiger partial charge in [-0.15, -0.1) is 0 Å². The van der Waals surface area contributed by atoms with Crippen LogP contribution in [-0.4, -0.2) is 60.3 Å². The second-order valence-electron chi connectivity index (χ2n) is 8.09. The molecule has 3 fully saturated rings. The molecule has 2 saturated heterocycles. The number of hydrogen-bond acceptors (Lipinski definition) is 4. The number of nitrogens with one attached hydrogen (secondary N) is 1. The van der Waals surface area contributed by atoms with Crippen LogP contribution in [0.1, 0.15) is 37.2 Å². The Hall–Kier alpha value is -1.92. The summed E-state index contributed by atoms with van der Waals surface area (Å²) in [5, 5.41) is 12.7. The lowest BCUT2D eigenvalue weighted by molar-refractivity contribution is -0.145. The van der Waals surface area contributed by atoms with Crippen molar-refractivity contribution in [3.8, 4) is 0 Å². The molecule has 27 heavy (non-hydrogen) atoms. The Kier molecular flexibility index (Phi) is 5.45. The van der Waals surface area contributed by atoms with Crippen molar-refractivity contribution in [3.63, 3.8) is 0 Å². The predicted octanol–water partition coefficient (Wildman–Crippen LogP) is 1.29. The van der Waals surface area contributed by atoms with Crippen molar-refractivity contribution in [1.82, 2.24) is 10.2 Å². The minimum Gasteiger partial charge on any atom is -0.393 e. The van der Waals surface area contributed by atoms with E-state index in [9.17, 15) is 14.7 Å². The van der Waals surface area contributed by atoms with Gasteiger partial charge in [-0.2, -0.15) is 0 Å². The minimum absolute atomic E-state index is 0.00350. The fraction of sp³-hybridized carbons (Fsp3) is 0.619. The van der Waals surface area contributed by atoms with Crippen LogP contribution in [0.5, 0.6) is 0 Å². The van der Waals surface area contributed by atoms with Gasteiger partial charge in [-0.3, -0.25) is 9.59 Å². The van der Waals surface area contributed by atoms with E-state index in [0.29, 0.717) is 45.6 Å². The molecule has 2 amide bonds. The monoisotopic (exact) mass is 372 g/mol. The zero-order valence-electron chi connectivity index (χ0n) is 15.5. The Labute approximate surface area is 159 Å². The summed E-state index contributed by atoms with van der Waals surface area (Å²) in [4.78, 5) is 27.6. The maximum atomic E-state index is 13.0. The van der Waals surface area contributed by atoms with Gasteiger partial charge in [0.15, 0.2) is 0 Å². The molecule has 1 saturated carbocycles. The summed E-state index contributed by atoms with van der Waals surface area (Å²) in [6.07, 6.45) is 2.33. The van der Waals surface area contributed by atoms with Crippen molar-refractivity contribution in [1.29, 1.82) is 0 Å². The largest absolute Gasteiger partial charge is 0.393 e. The molecule has 2 N–H and O–H groups in total. The van der Waals surface area contributed by atoms with Crippen molar-refractivity contribution in [3.05, 3.63) is 35.9 Å². The summed E-state index contributed by atoms with van der Waals surface area (Å²) >= 11 is 0. The first-order chi connectivity index (χ1) is 13.1. The van der Waals surface area contributed by atoms with E-state index in [1.54, 1.807) is 0 Å². The highest BCUT2D eigenvalue weighted by atomic mass is 16.5. The van der Waals surface area contributed by atoms with Gasteiger partial charge < -0.3 is 20.1 Å². The Morgan fingerprint density at radius 1 is 1.15 bits per heavy atom. The van der Waals surface area contributed by atoms with Gasteiger partial charge in [0.25, 0.3) is 0 Å². The molecule has 3 atom stereocenters. The number of nitrogens with zero attached hydrogens (tertiary/aromatic N) is 1. The molecule has 3 aliphatic rings. The maximum Gasteiger partial charge on any atom is 0.225 e. The van der Waals surface area contributed by atoms with Crippen molar-refractivity contribution in [2.24, 2.45) is 11.8 Å². The van der Waals surface area contributed by atoms with Crippen LogP contribution >= 0.6 is 0 Å². The molecule has 0 aromatic heterocycles. The Bertz CT molecular complexity index is 668. The number of aliphatic hydroxyl groups is 1. The zero-order chi connectivity index (χ0) is 18.8. The fourth-order valence-electron chi connectivity index (χ4n) is 4.51. The van der Waals surface area contributed by atoms with Crippen LogP contribution in [-0.2, 0) is 14.3 Å². The summed E-state index contributed by atoms with van der Waals surface area (Å²) in [6.45, 7) is 2.46. The number of aliphatic hydroxyl groups excluding tert-OH is 1. The fourth-order valence-corrected chi connectivity index (χ4v) is 4.51. The quantitative estimate of drug-likeness (QED) is 0.835. The lowest BCUT2D eigenvalue weighted by Gasteiger charge is -2.42. The molecule has 6 heteroatoms. The van der Waals surface area contributed by atoms with Gasteiger partial charge in [-0.25, -0.2) is 0 Å². The Morgan fingerprint density at radius 2 is 1.93 bits per heavy atom. The second kappa shape index (κ2) is 7.98. The van der Waals surface area contributed by atoms with Crippen molar-refractivity contribution < 1.29 is 19.4 Å². The highest BCUT2D eigenvalue weighted by Crippen LogP contribution is 2.36. The van der Waals surface area contributed by atoms with Crippen molar-refractivity contribution >= 4 is 11.8 Å². The van der Waals surface area contributed by atoms with E-state index in [2.05, 4.69) is 5.32 Å². The molecule has 4 rings (SSSR count). The van der Waals surface area contributed by atoms with Crippen LogP contribution < -0.4 is 5.32 Å². The van der Waals surface area contributed by atoms with Crippen LogP contribution in [0.25, 0.3) is 0 Å². The number of piperidine rings is 1. The normalized spacial score (nSPS) is 33.4. The number of benzene rings is 1. The summed E-state index contributed by atoms with van der Waals surface area (Å²) in [5.74, 6) is 0.00694. The van der Waals surface area contributed by atoms with E-state index in [1.165, 1.54) is 0 Å². The lowest BCUT2D eigenvalue weighted by atomic mass is 9.77. The van der Waals surface area contributed by atoms with Gasteiger partial charge in [0.05, 0.1) is 18.8 Å². The molecule has 1 aromatic carbocycles. The van der Waals surface area contributed by atoms with Gasteiger partial charge in [0, 0.05) is 37.5 Å². The van der Waals surface area contributed by atoms with E-state index in [1.807, 2.05) is 35.2 Å². The number of ether oxygens (including phenoxy) is 1.